The minimum atomic E-state index is 0.262. The highest BCUT2D eigenvalue weighted by atomic mass is 16.5. The number of benzene rings is 3. The van der Waals surface area contributed by atoms with Gasteiger partial charge in [-0.2, -0.15) is 0 Å². The largest absolute Gasteiger partial charge is 0.490 e. The van der Waals surface area contributed by atoms with Crippen LogP contribution in [0.1, 0.15) is 29.6 Å². The average Bonchev–Trinajstić information content (AvgIpc) is 3.23. The first-order chi connectivity index (χ1) is 13.8. The minimum Gasteiger partial charge on any atom is -0.490 e. The van der Waals surface area contributed by atoms with Crippen molar-refractivity contribution < 1.29 is 9.47 Å². The number of nitrogen functional groups attached to an aromatic ring is 1. The Hall–Kier alpha value is -3.02. The van der Waals surface area contributed by atoms with Crippen molar-refractivity contribution in [3.63, 3.8) is 0 Å². The van der Waals surface area contributed by atoms with E-state index in [0.717, 1.165) is 23.6 Å². The summed E-state index contributed by atoms with van der Waals surface area (Å²) in [5, 5.41) is 0. The second-order valence-corrected chi connectivity index (χ2v) is 6.88. The van der Waals surface area contributed by atoms with Gasteiger partial charge in [0.05, 0.1) is 0 Å². The highest BCUT2D eigenvalue weighted by molar-refractivity contribution is 5.40. The summed E-state index contributed by atoms with van der Waals surface area (Å²) >= 11 is 0. The predicted molar refractivity (Wildman–Crippen MR) is 111 cm³/mol. The van der Waals surface area contributed by atoms with Crippen molar-refractivity contribution in [2.45, 2.75) is 18.5 Å². The number of anilines is 1. The van der Waals surface area contributed by atoms with Crippen LogP contribution in [0.25, 0.3) is 0 Å². The van der Waals surface area contributed by atoms with Crippen LogP contribution < -0.4 is 26.1 Å². The van der Waals surface area contributed by atoms with Crippen molar-refractivity contribution in [3.05, 3.63) is 90.0 Å². The summed E-state index contributed by atoms with van der Waals surface area (Å²) in [6, 6.07) is 26.6. The fourth-order valence-electron chi connectivity index (χ4n) is 3.35. The molecule has 0 saturated carbocycles. The molecule has 5 nitrogen and oxygen atoms in total. The zero-order chi connectivity index (χ0) is 19.2. The normalized spacial score (nSPS) is 18.7. The van der Waals surface area contributed by atoms with Crippen molar-refractivity contribution in [2.24, 2.45) is 0 Å². The van der Waals surface area contributed by atoms with Crippen LogP contribution in [-0.2, 0) is 0 Å². The van der Waals surface area contributed by atoms with E-state index < -0.39 is 0 Å². The second-order valence-electron chi connectivity index (χ2n) is 6.88. The van der Waals surface area contributed by atoms with Gasteiger partial charge in [-0.05, 0) is 53.9 Å². The van der Waals surface area contributed by atoms with Gasteiger partial charge in [-0.1, -0.05) is 42.5 Å². The smallest absolute Gasteiger partial charge is 0.122 e. The van der Waals surface area contributed by atoms with E-state index >= 15 is 0 Å². The summed E-state index contributed by atoms with van der Waals surface area (Å²) in [6.07, 6.45) is 0.981. The molecule has 1 saturated heterocycles. The molecule has 0 radical (unpaired) electrons. The maximum absolute atomic E-state index is 5.78. The topological polar surface area (TPSA) is 68.5 Å². The Morgan fingerprint density at radius 1 is 0.679 bits per heavy atom. The number of rotatable bonds is 7. The van der Waals surface area contributed by atoms with Gasteiger partial charge in [0.2, 0.25) is 0 Å². The Kier molecular flexibility index (Phi) is 5.75. The molecule has 144 valence electrons. The summed E-state index contributed by atoms with van der Waals surface area (Å²) in [6.45, 7) is 1.03. The Morgan fingerprint density at radius 3 is 1.75 bits per heavy atom. The highest BCUT2D eigenvalue weighted by Crippen LogP contribution is 2.31. The molecule has 1 heterocycles. The van der Waals surface area contributed by atoms with Crippen molar-refractivity contribution in [1.82, 2.24) is 10.9 Å². The van der Waals surface area contributed by atoms with Crippen molar-refractivity contribution in [1.29, 1.82) is 0 Å². The molecule has 28 heavy (non-hydrogen) atoms. The maximum Gasteiger partial charge on any atom is 0.122 e. The molecule has 1 fully saturated rings. The van der Waals surface area contributed by atoms with E-state index in [0.29, 0.717) is 13.2 Å². The number of hydrogen-bond donors (Lipinski definition) is 3. The molecule has 0 aliphatic carbocycles. The van der Waals surface area contributed by atoms with Gasteiger partial charge in [-0.25, -0.2) is 10.9 Å². The fourth-order valence-corrected chi connectivity index (χ4v) is 3.35. The van der Waals surface area contributed by atoms with Gasteiger partial charge in [0, 0.05) is 17.8 Å². The first-order valence-corrected chi connectivity index (χ1v) is 9.55. The third-order valence-electron chi connectivity index (χ3n) is 4.89. The molecule has 5 heteroatoms. The van der Waals surface area contributed by atoms with Crippen LogP contribution in [0.2, 0.25) is 0 Å². The molecule has 3 aromatic carbocycles. The molecular weight excluding hydrogens is 350 g/mol. The van der Waals surface area contributed by atoms with Gasteiger partial charge in [-0.15, -0.1) is 0 Å². The van der Waals surface area contributed by atoms with E-state index in [1.165, 1.54) is 11.1 Å². The second kappa shape index (κ2) is 8.78. The molecule has 2 atom stereocenters. The SMILES string of the molecule is Nc1ccc(C2CC(c3ccc(OCCOc4ccccc4)cc3)NN2)cc1. The molecular formula is C23H25N3O2. The molecule has 0 amide bonds. The van der Waals surface area contributed by atoms with Gasteiger partial charge < -0.3 is 15.2 Å². The zero-order valence-electron chi connectivity index (χ0n) is 15.7. The summed E-state index contributed by atoms with van der Waals surface area (Å²) in [7, 11) is 0. The molecule has 0 spiro atoms. The number of ether oxygens (including phenoxy) is 2. The lowest BCUT2D eigenvalue weighted by atomic mass is 9.97. The summed E-state index contributed by atoms with van der Waals surface area (Å²) in [4.78, 5) is 0. The fraction of sp³-hybridized carbons (Fsp3) is 0.217. The first kappa shape index (κ1) is 18.3. The number of nitrogens with one attached hydrogen (secondary N) is 2. The van der Waals surface area contributed by atoms with Gasteiger partial charge >= 0.3 is 0 Å². The van der Waals surface area contributed by atoms with E-state index in [1.54, 1.807) is 0 Å². The third kappa shape index (κ3) is 4.63. The molecule has 1 aliphatic rings. The van der Waals surface area contributed by atoms with Crippen LogP contribution in [0, 0.1) is 0 Å². The van der Waals surface area contributed by atoms with Crippen LogP contribution in [0.3, 0.4) is 0 Å². The van der Waals surface area contributed by atoms with Crippen molar-refractivity contribution in [3.8, 4) is 11.5 Å². The highest BCUT2D eigenvalue weighted by Gasteiger charge is 2.25. The number of hydrazine groups is 1. The van der Waals surface area contributed by atoms with Gasteiger partial charge in [0.25, 0.3) is 0 Å². The Labute approximate surface area is 165 Å². The number of hydrogen-bond acceptors (Lipinski definition) is 5. The van der Waals surface area contributed by atoms with E-state index in [1.807, 2.05) is 54.6 Å². The molecule has 4 rings (SSSR count). The lowest BCUT2D eigenvalue weighted by Gasteiger charge is -2.12. The molecule has 2 unspecified atom stereocenters. The van der Waals surface area contributed by atoms with E-state index in [-0.39, 0.29) is 12.1 Å². The summed E-state index contributed by atoms with van der Waals surface area (Å²) in [5.74, 6) is 1.71. The maximum atomic E-state index is 5.78. The lowest BCUT2D eigenvalue weighted by molar-refractivity contribution is 0.217. The molecule has 1 aliphatic heterocycles. The van der Waals surface area contributed by atoms with Crippen LogP contribution in [-0.4, -0.2) is 13.2 Å². The van der Waals surface area contributed by atoms with Gasteiger partial charge in [0.1, 0.15) is 24.7 Å². The lowest BCUT2D eigenvalue weighted by Crippen LogP contribution is -2.26. The summed E-state index contributed by atoms with van der Waals surface area (Å²) in [5.41, 5.74) is 15.8. The van der Waals surface area contributed by atoms with Crippen LogP contribution in [0.4, 0.5) is 5.69 Å². The average molecular weight is 375 g/mol. The van der Waals surface area contributed by atoms with Crippen molar-refractivity contribution >= 4 is 5.69 Å². The predicted octanol–water partition coefficient (Wildman–Crippen LogP) is 4.01. The quantitative estimate of drug-likeness (QED) is 0.430. The summed E-state index contributed by atoms with van der Waals surface area (Å²) < 4.78 is 11.4. The Bertz CT molecular complexity index is 867. The zero-order valence-corrected chi connectivity index (χ0v) is 15.7. The van der Waals surface area contributed by atoms with Crippen LogP contribution in [0.15, 0.2) is 78.9 Å². The molecule has 0 aromatic heterocycles. The van der Waals surface area contributed by atoms with E-state index in [2.05, 4.69) is 35.1 Å². The Balaban J connectivity index is 1.26. The van der Waals surface area contributed by atoms with Crippen molar-refractivity contribution in [2.75, 3.05) is 18.9 Å². The molecule has 0 bridgehead atoms. The number of para-hydroxylation sites is 1. The third-order valence-corrected chi connectivity index (χ3v) is 4.89. The molecule has 4 N–H and O–H groups in total. The van der Waals surface area contributed by atoms with E-state index in [4.69, 9.17) is 15.2 Å². The monoisotopic (exact) mass is 375 g/mol. The Morgan fingerprint density at radius 2 is 1.18 bits per heavy atom. The minimum absolute atomic E-state index is 0.262. The van der Waals surface area contributed by atoms with Gasteiger partial charge in [-0.3, -0.25) is 0 Å². The first-order valence-electron chi connectivity index (χ1n) is 9.55. The van der Waals surface area contributed by atoms with Gasteiger partial charge in [0.15, 0.2) is 0 Å². The van der Waals surface area contributed by atoms with E-state index in [9.17, 15) is 0 Å². The standard InChI is InChI=1S/C23H25N3O2/c24-19-10-6-17(7-11-19)22-16-23(26-25-22)18-8-12-21(13-9-18)28-15-14-27-20-4-2-1-3-5-20/h1-13,22-23,25-26H,14-16,24H2. The van der Waals surface area contributed by atoms with Crippen LogP contribution in [0.5, 0.6) is 11.5 Å². The molecule has 3 aromatic rings. The number of nitrogens with two attached hydrogens (primary N) is 1. The van der Waals surface area contributed by atoms with Crippen LogP contribution >= 0.6 is 0 Å².